The Morgan fingerprint density at radius 2 is 1.41 bits per heavy atom. The Morgan fingerprint density at radius 1 is 0.824 bits per heavy atom. The predicted molar refractivity (Wildman–Crippen MR) is 65.8 cm³/mol. The first-order valence-electron chi connectivity index (χ1n) is 5.79. The monoisotopic (exact) mass is 240 g/mol. The Kier molecular flexibility index (Phi) is 7.18. The molecule has 0 aliphatic heterocycles. The summed E-state index contributed by atoms with van der Waals surface area (Å²) in [4.78, 5) is 0. The maximum atomic E-state index is 5.49. The average molecular weight is 240 g/mol. The van der Waals surface area contributed by atoms with Crippen LogP contribution >= 0.6 is 0 Å². The van der Waals surface area contributed by atoms with Crippen molar-refractivity contribution in [3.63, 3.8) is 0 Å². The first-order valence-corrected chi connectivity index (χ1v) is 5.79. The molecular weight excluding hydrogens is 220 g/mol. The molecule has 0 saturated carbocycles. The van der Waals surface area contributed by atoms with Crippen molar-refractivity contribution in [2.75, 3.05) is 40.1 Å². The molecule has 0 radical (unpaired) electrons. The second-order valence-electron chi connectivity index (χ2n) is 3.33. The summed E-state index contributed by atoms with van der Waals surface area (Å²) in [5, 5.41) is 0. The van der Waals surface area contributed by atoms with Crippen LogP contribution in [0.5, 0.6) is 11.5 Å². The highest BCUT2D eigenvalue weighted by Crippen LogP contribution is 2.16. The van der Waals surface area contributed by atoms with Gasteiger partial charge in [-0.25, -0.2) is 0 Å². The summed E-state index contributed by atoms with van der Waals surface area (Å²) in [6.45, 7) is 5.05. The van der Waals surface area contributed by atoms with Gasteiger partial charge >= 0.3 is 0 Å². The summed E-state index contributed by atoms with van der Waals surface area (Å²) < 4.78 is 21.0. The van der Waals surface area contributed by atoms with Crippen LogP contribution in [0.2, 0.25) is 0 Å². The molecule has 0 N–H and O–H groups in total. The fraction of sp³-hybridized carbons (Fsp3) is 0.538. The normalized spacial score (nSPS) is 10.2. The number of ether oxygens (including phenoxy) is 4. The molecular formula is C13H20O4. The fourth-order valence-electron chi connectivity index (χ4n) is 1.25. The van der Waals surface area contributed by atoms with Crippen LogP contribution in [0.4, 0.5) is 0 Å². The fourth-order valence-corrected chi connectivity index (χ4v) is 1.25. The Balaban J connectivity index is 2.05. The topological polar surface area (TPSA) is 36.9 Å². The lowest BCUT2D eigenvalue weighted by atomic mass is 10.3. The first kappa shape index (κ1) is 13.8. The van der Waals surface area contributed by atoms with Gasteiger partial charge in [-0.1, -0.05) is 0 Å². The predicted octanol–water partition coefficient (Wildman–Crippen LogP) is 2.13. The lowest BCUT2D eigenvalue weighted by molar-refractivity contribution is 0.0405. The molecule has 0 aliphatic rings. The molecule has 0 fully saturated rings. The summed E-state index contributed by atoms with van der Waals surface area (Å²) in [5.74, 6) is 1.64. The molecule has 0 saturated heterocycles. The van der Waals surface area contributed by atoms with Crippen LogP contribution in [0.3, 0.4) is 0 Å². The molecule has 4 heteroatoms. The summed E-state index contributed by atoms with van der Waals surface area (Å²) in [6.07, 6.45) is 0. The van der Waals surface area contributed by atoms with Gasteiger partial charge in [0, 0.05) is 6.61 Å². The van der Waals surface area contributed by atoms with Crippen molar-refractivity contribution >= 4 is 0 Å². The van der Waals surface area contributed by atoms with E-state index in [-0.39, 0.29) is 0 Å². The zero-order valence-corrected chi connectivity index (χ0v) is 10.5. The van der Waals surface area contributed by atoms with E-state index < -0.39 is 0 Å². The van der Waals surface area contributed by atoms with Crippen LogP contribution in [-0.4, -0.2) is 40.1 Å². The number of rotatable bonds is 9. The number of hydrogen-bond donors (Lipinski definition) is 0. The molecule has 17 heavy (non-hydrogen) atoms. The molecule has 0 aliphatic carbocycles. The van der Waals surface area contributed by atoms with Crippen LogP contribution in [0.25, 0.3) is 0 Å². The minimum atomic E-state index is 0.540. The Bertz CT molecular complexity index is 284. The van der Waals surface area contributed by atoms with Crippen molar-refractivity contribution in [3.05, 3.63) is 24.3 Å². The highest BCUT2D eigenvalue weighted by molar-refractivity contribution is 5.31. The third-order valence-corrected chi connectivity index (χ3v) is 2.13. The molecule has 96 valence electrons. The smallest absolute Gasteiger partial charge is 0.119 e. The maximum absolute atomic E-state index is 5.49. The molecule has 0 spiro atoms. The zero-order chi connectivity index (χ0) is 12.3. The zero-order valence-electron chi connectivity index (χ0n) is 10.5. The van der Waals surface area contributed by atoms with E-state index in [9.17, 15) is 0 Å². The summed E-state index contributed by atoms with van der Waals surface area (Å²) in [7, 11) is 1.64. The van der Waals surface area contributed by atoms with Crippen LogP contribution < -0.4 is 9.47 Å². The highest BCUT2D eigenvalue weighted by atomic mass is 16.5. The second-order valence-corrected chi connectivity index (χ2v) is 3.33. The van der Waals surface area contributed by atoms with Gasteiger partial charge in [-0.05, 0) is 31.2 Å². The van der Waals surface area contributed by atoms with E-state index in [4.69, 9.17) is 18.9 Å². The van der Waals surface area contributed by atoms with E-state index in [0.29, 0.717) is 26.4 Å². The maximum Gasteiger partial charge on any atom is 0.119 e. The summed E-state index contributed by atoms with van der Waals surface area (Å²) >= 11 is 0. The third kappa shape index (κ3) is 6.14. The quantitative estimate of drug-likeness (QED) is 0.620. The van der Waals surface area contributed by atoms with Crippen LogP contribution in [-0.2, 0) is 9.47 Å². The van der Waals surface area contributed by atoms with Gasteiger partial charge in [-0.15, -0.1) is 0 Å². The van der Waals surface area contributed by atoms with Gasteiger partial charge in [0.15, 0.2) is 0 Å². The van der Waals surface area contributed by atoms with E-state index in [1.165, 1.54) is 0 Å². The van der Waals surface area contributed by atoms with E-state index >= 15 is 0 Å². The van der Waals surface area contributed by atoms with Gasteiger partial charge in [0.25, 0.3) is 0 Å². The van der Waals surface area contributed by atoms with Crippen molar-refractivity contribution in [1.82, 2.24) is 0 Å². The molecule has 0 bridgehead atoms. The van der Waals surface area contributed by atoms with Crippen LogP contribution in [0.1, 0.15) is 6.92 Å². The van der Waals surface area contributed by atoms with Crippen LogP contribution in [0, 0.1) is 0 Å². The minimum absolute atomic E-state index is 0.540. The Hall–Kier alpha value is -1.26. The molecule has 0 amide bonds. The minimum Gasteiger partial charge on any atom is -0.497 e. The van der Waals surface area contributed by atoms with Crippen molar-refractivity contribution in [2.24, 2.45) is 0 Å². The second kappa shape index (κ2) is 8.84. The molecule has 0 heterocycles. The standard InChI is InChI=1S/C13H20O4/c1-3-15-8-9-16-10-11-17-13-6-4-12(14-2)5-7-13/h4-7H,3,8-11H2,1-2H3. The lowest BCUT2D eigenvalue weighted by Gasteiger charge is -2.07. The summed E-state index contributed by atoms with van der Waals surface area (Å²) in [5.41, 5.74) is 0. The van der Waals surface area contributed by atoms with Crippen molar-refractivity contribution in [2.45, 2.75) is 6.92 Å². The molecule has 1 aromatic carbocycles. The third-order valence-electron chi connectivity index (χ3n) is 2.13. The van der Waals surface area contributed by atoms with Crippen molar-refractivity contribution in [1.29, 1.82) is 0 Å². The SMILES string of the molecule is CCOCCOCCOc1ccc(OC)cc1. The van der Waals surface area contributed by atoms with Crippen LogP contribution in [0.15, 0.2) is 24.3 Å². The average Bonchev–Trinajstić information content (AvgIpc) is 2.38. The molecule has 1 rings (SSSR count). The Morgan fingerprint density at radius 3 is 2.06 bits per heavy atom. The first-order chi connectivity index (χ1) is 8.36. The highest BCUT2D eigenvalue weighted by Gasteiger charge is 1.95. The van der Waals surface area contributed by atoms with Gasteiger partial charge in [-0.2, -0.15) is 0 Å². The van der Waals surface area contributed by atoms with Gasteiger partial charge in [0.2, 0.25) is 0 Å². The van der Waals surface area contributed by atoms with E-state index in [1.54, 1.807) is 7.11 Å². The van der Waals surface area contributed by atoms with Gasteiger partial charge in [-0.3, -0.25) is 0 Å². The van der Waals surface area contributed by atoms with E-state index in [1.807, 2.05) is 31.2 Å². The summed E-state index contributed by atoms with van der Waals surface area (Å²) in [6, 6.07) is 7.48. The largest absolute Gasteiger partial charge is 0.497 e. The molecule has 1 aromatic rings. The molecule has 0 atom stereocenters. The number of benzene rings is 1. The van der Waals surface area contributed by atoms with Crippen molar-refractivity contribution < 1.29 is 18.9 Å². The number of methoxy groups -OCH3 is 1. The van der Waals surface area contributed by atoms with Gasteiger partial charge < -0.3 is 18.9 Å². The molecule has 0 aromatic heterocycles. The number of hydrogen-bond acceptors (Lipinski definition) is 4. The van der Waals surface area contributed by atoms with Gasteiger partial charge in [0.05, 0.1) is 26.9 Å². The molecule has 0 unspecified atom stereocenters. The Labute approximate surface area is 102 Å². The van der Waals surface area contributed by atoms with E-state index in [2.05, 4.69) is 0 Å². The lowest BCUT2D eigenvalue weighted by Crippen LogP contribution is -2.10. The van der Waals surface area contributed by atoms with Crippen molar-refractivity contribution in [3.8, 4) is 11.5 Å². The molecule has 4 nitrogen and oxygen atoms in total. The van der Waals surface area contributed by atoms with Gasteiger partial charge in [0.1, 0.15) is 18.1 Å². The van der Waals surface area contributed by atoms with E-state index in [0.717, 1.165) is 18.1 Å².